The molecule has 0 radical (unpaired) electrons. The number of hydrogen-bond donors (Lipinski definition) is 0. The Morgan fingerprint density at radius 1 is 0.700 bits per heavy atom. The van der Waals surface area contributed by atoms with Crippen LogP contribution in [0.2, 0.25) is 0 Å². The lowest BCUT2D eigenvalue weighted by Gasteiger charge is -2.29. The zero-order valence-corrected chi connectivity index (χ0v) is 24.0. The SMILES string of the molecule is C/C=C\C=C(/C)N(C1=CCCC(C)=C1)c1ccc(-c2ccc(N(c3ccccc3)c3cccc(C)c3)cc2)cc1. The normalized spacial score (nSPS) is 13.7. The summed E-state index contributed by atoms with van der Waals surface area (Å²) in [5.74, 6) is 0. The summed E-state index contributed by atoms with van der Waals surface area (Å²) in [6.07, 6.45) is 13.2. The van der Waals surface area contributed by atoms with Crippen molar-refractivity contribution in [3.63, 3.8) is 0 Å². The van der Waals surface area contributed by atoms with Crippen LogP contribution in [0.15, 0.2) is 150 Å². The van der Waals surface area contributed by atoms with E-state index >= 15 is 0 Å². The summed E-state index contributed by atoms with van der Waals surface area (Å²) in [5, 5.41) is 0. The van der Waals surface area contributed by atoms with Gasteiger partial charge in [0.2, 0.25) is 0 Å². The third-order valence-corrected chi connectivity index (χ3v) is 7.29. The van der Waals surface area contributed by atoms with Gasteiger partial charge >= 0.3 is 0 Å². The van der Waals surface area contributed by atoms with Crippen LogP contribution in [0.4, 0.5) is 22.7 Å². The number of aryl methyl sites for hydroxylation is 1. The highest BCUT2D eigenvalue weighted by Crippen LogP contribution is 2.36. The van der Waals surface area contributed by atoms with E-state index in [1.165, 1.54) is 39.3 Å². The summed E-state index contributed by atoms with van der Waals surface area (Å²) in [4.78, 5) is 4.67. The molecule has 2 nitrogen and oxygen atoms in total. The van der Waals surface area contributed by atoms with Crippen LogP contribution in [-0.2, 0) is 0 Å². The third-order valence-electron chi connectivity index (χ3n) is 7.29. The summed E-state index contributed by atoms with van der Waals surface area (Å²) < 4.78 is 0. The van der Waals surface area contributed by atoms with Crippen molar-refractivity contribution in [1.29, 1.82) is 0 Å². The Kier molecular flexibility index (Phi) is 8.47. The van der Waals surface area contributed by atoms with Crippen molar-refractivity contribution in [1.82, 2.24) is 0 Å². The number of anilines is 4. The van der Waals surface area contributed by atoms with E-state index in [0.29, 0.717) is 0 Å². The summed E-state index contributed by atoms with van der Waals surface area (Å²) >= 11 is 0. The van der Waals surface area contributed by atoms with Gasteiger partial charge in [0.15, 0.2) is 0 Å². The molecule has 0 bridgehead atoms. The van der Waals surface area contributed by atoms with Crippen molar-refractivity contribution >= 4 is 22.7 Å². The predicted molar refractivity (Wildman–Crippen MR) is 173 cm³/mol. The molecule has 5 rings (SSSR count). The molecule has 4 aromatic rings. The van der Waals surface area contributed by atoms with Gasteiger partial charge in [-0.15, -0.1) is 0 Å². The van der Waals surface area contributed by atoms with Gasteiger partial charge < -0.3 is 9.80 Å². The molecular weight excluding hydrogens is 484 g/mol. The van der Waals surface area contributed by atoms with Crippen LogP contribution in [-0.4, -0.2) is 0 Å². The minimum atomic E-state index is 1.08. The van der Waals surface area contributed by atoms with Crippen LogP contribution in [0.1, 0.15) is 39.2 Å². The van der Waals surface area contributed by atoms with Crippen molar-refractivity contribution in [3.8, 4) is 11.1 Å². The first kappa shape index (κ1) is 27.0. The largest absolute Gasteiger partial charge is 0.315 e. The topological polar surface area (TPSA) is 6.48 Å². The lowest BCUT2D eigenvalue weighted by Crippen LogP contribution is -2.20. The Balaban J connectivity index is 1.45. The zero-order valence-electron chi connectivity index (χ0n) is 24.0. The minimum absolute atomic E-state index is 1.08. The summed E-state index contributed by atoms with van der Waals surface area (Å²) in [6.45, 7) is 8.59. The van der Waals surface area contributed by atoms with E-state index in [-0.39, 0.29) is 0 Å². The van der Waals surface area contributed by atoms with Crippen LogP contribution < -0.4 is 9.80 Å². The molecule has 0 amide bonds. The van der Waals surface area contributed by atoms with Crippen LogP contribution in [0.3, 0.4) is 0 Å². The number of nitrogens with zero attached hydrogens (tertiary/aromatic N) is 2. The Morgan fingerprint density at radius 2 is 1.32 bits per heavy atom. The molecule has 1 aliphatic carbocycles. The molecule has 2 heteroatoms. The van der Waals surface area contributed by atoms with Gasteiger partial charge in [-0.05, 0) is 118 Å². The molecular formula is C38H38N2. The molecule has 0 saturated carbocycles. The number of benzene rings is 4. The molecule has 1 aliphatic rings. The van der Waals surface area contributed by atoms with Gasteiger partial charge in [0.05, 0.1) is 0 Å². The second-order valence-electron chi connectivity index (χ2n) is 10.4. The first-order valence-electron chi connectivity index (χ1n) is 14.1. The van der Waals surface area contributed by atoms with Gasteiger partial charge in [0.25, 0.3) is 0 Å². The van der Waals surface area contributed by atoms with E-state index in [1.54, 1.807) is 0 Å². The third kappa shape index (κ3) is 6.18. The fraction of sp³-hybridized carbons (Fsp3) is 0.158. The zero-order chi connectivity index (χ0) is 27.9. The van der Waals surface area contributed by atoms with E-state index in [2.05, 4.69) is 171 Å². The van der Waals surface area contributed by atoms with E-state index in [4.69, 9.17) is 0 Å². The molecule has 0 unspecified atom stereocenters. The van der Waals surface area contributed by atoms with Crippen molar-refractivity contribution in [2.45, 2.75) is 40.5 Å². The molecule has 0 atom stereocenters. The molecule has 0 N–H and O–H groups in total. The van der Waals surface area contributed by atoms with Gasteiger partial charge in [-0.3, -0.25) is 0 Å². The fourth-order valence-electron chi connectivity index (χ4n) is 5.25. The van der Waals surface area contributed by atoms with E-state index < -0.39 is 0 Å². The highest BCUT2D eigenvalue weighted by atomic mass is 15.2. The monoisotopic (exact) mass is 522 g/mol. The second kappa shape index (κ2) is 12.5. The molecule has 0 fully saturated rings. The van der Waals surface area contributed by atoms with Gasteiger partial charge in [0.1, 0.15) is 0 Å². The Bertz CT molecular complexity index is 1550. The van der Waals surface area contributed by atoms with Crippen LogP contribution in [0.25, 0.3) is 11.1 Å². The van der Waals surface area contributed by atoms with Crippen molar-refractivity contribution in [2.75, 3.05) is 9.80 Å². The number of allylic oxidation sites excluding steroid dienone is 7. The molecule has 0 saturated heterocycles. The smallest absolute Gasteiger partial charge is 0.0464 e. The minimum Gasteiger partial charge on any atom is -0.315 e. The van der Waals surface area contributed by atoms with Gasteiger partial charge in [-0.2, -0.15) is 0 Å². The quantitative estimate of drug-likeness (QED) is 0.212. The molecule has 0 spiro atoms. The predicted octanol–water partition coefficient (Wildman–Crippen LogP) is 11.0. The van der Waals surface area contributed by atoms with Gasteiger partial charge in [-0.1, -0.05) is 78.4 Å². The molecule has 0 heterocycles. The van der Waals surface area contributed by atoms with Crippen molar-refractivity contribution in [2.24, 2.45) is 0 Å². The number of para-hydroxylation sites is 1. The summed E-state index contributed by atoms with van der Waals surface area (Å²) in [5.41, 5.74) is 12.1. The van der Waals surface area contributed by atoms with Crippen molar-refractivity contribution < 1.29 is 0 Å². The lowest BCUT2D eigenvalue weighted by atomic mass is 10.0. The van der Waals surface area contributed by atoms with Crippen LogP contribution in [0.5, 0.6) is 0 Å². The molecule has 0 aromatic heterocycles. The van der Waals surface area contributed by atoms with E-state index in [1.807, 2.05) is 0 Å². The van der Waals surface area contributed by atoms with E-state index in [0.717, 1.165) is 29.9 Å². The molecule has 4 aromatic carbocycles. The highest BCUT2D eigenvalue weighted by molar-refractivity contribution is 5.79. The first-order valence-corrected chi connectivity index (χ1v) is 14.1. The maximum absolute atomic E-state index is 2.36. The van der Waals surface area contributed by atoms with Crippen LogP contribution in [0, 0.1) is 6.92 Å². The van der Waals surface area contributed by atoms with Crippen LogP contribution >= 0.6 is 0 Å². The van der Waals surface area contributed by atoms with E-state index in [9.17, 15) is 0 Å². The molecule has 0 aliphatic heterocycles. The maximum Gasteiger partial charge on any atom is 0.0464 e. The van der Waals surface area contributed by atoms with Gasteiger partial charge in [0, 0.05) is 34.1 Å². The molecule has 40 heavy (non-hydrogen) atoms. The first-order chi connectivity index (χ1) is 19.5. The fourth-order valence-corrected chi connectivity index (χ4v) is 5.25. The Labute approximate surface area is 239 Å². The summed E-state index contributed by atoms with van der Waals surface area (Å²) in [7, 11) is 0. The Morgan fingerprint density at radius 3 is 1.95 bits per heavy atom. The van der Waals surface area contributed by atoms with Gasteiger partial charge in [-0.25, -0.2) is 0 Å². The highest BCUT2D eigenvalue weighted by Gasteiger charge is 2.16. The Hall–Kier alpha value is -4.56. The maximum atomic E-state index is 2.36. The average Bonchev–Trinajstić information content (AvgIpc) is 2.98. The molecule has 200 valence electrons. The lowest BCUT2D eigenvalue weighted by molar-refractivity contribution is 0.923. The average molecular weight is 523 g/mol. The van der Waals surface area contributed by atoms with Crippen molar-refractivity contribution in [3.05, 3.63) is 156 Å². The summed E-state index contributed by atoms with van der Waals surface area (Å²) in [6, 6.07) is 37.0. The number of rotatable bonds is 8. The number of hydrogen-bond acceptors (Lipinski definition) is 2. The standard InChI is InChI=1S/C38H38N2/c1-5-6-14-31(4)39(37-17-10-12-29(2)27-37)35-23-19-32(20-24-35)33-21-25-36(26-22-33)40(34-15-8-7-9-16-34)38-18-11-13-30(3)28-38/h5-9,11,13-28H,10,12H2,1-4H3/b6-5-,31-14+. The second-order valence-corrected chi connectivity index (χ2v) is 10.4.